The molecule has 1 saturated heterocycles. The van der Waals surface area contributed by atoms with Gasteiger partial charge in [-0.2, -0.15) is 0 Å². The van der Waals surface area contributed by atoms with Gasteiger partial charge in [0.2, 0.25) is 0 Å². The number of rotatable bonds is 3. The highest BCUT2D eigenvalue weighted by atomic mass is 79.9. The van der Waals surface area contributed by atoms with Gasteiger partial charge in [0.05, 0.1) is 10.2 Å². The number of carbonyl (C=O) groups excluding carboxylic acids is 1. The van der Waals surface area contributed by atoms with Gasteiger partial charge in [-0.1, -0.05) is 70.5 Å². The fraction of sp³-hybridized carbons (Fsp3) is 0.316. The van der Waals surface area contributed by atoms with Crippen molar-refractivity contribution in [3.8, 4) is 11.1 Å². The fourth-order valence-corrected chi connectivity index (χ4v) is 4.66. The minimum Gasteiger partial charge on any atom is -0.461 e. The first-order valence-corrected chi connectivity index (χ1v) is 8.57. The van der Waals surface area contributed by atoms with Gasteiger partial charge in [-0.15, -0.1) is 0 Å². The molecule has 2 fully saturated rings. The zero-order valence-electron chi connectivity index (χ0n) is 12.2. The van der Waals surface area contributed by atoms with E-state index in [2.05, 4.69) is 52.3 Å². The summed E-state index contributed by atoms with van der Waals surface area (Å²) < 4.78 is 5.48. The van der Waals surface area contributed by atoms with E-state index >= 15 is 0 Å². The van der Waals surface area contributed by atoms with E-state index in [9.17, 15) is 4.79 Å². The monoisotopic (exact) mass is 356 g/mol. The summed E-state index contributed by atoms with van der Waals surface area (Å²) in [5, 5.41) is 0. The summed E-state index contributed by atoms with van der Waals surface area (Å²) in [6.07, 6.45) is 2.55. The van der Waals surface area contributed by atoms with Crippen LogP contribution in [-0.4, -0.2) is 16.9 Å². The molecule has 2 nitrogen and oxygen atoms in total. The number of carbonyl (C=O) groups is 1. The highest BCUT2D eigenvalue weighted by Crippen LogP contribution is 2.51. The highest BCUT2D eigenvalue weighted by Gasteiger charge is 2.58. The summed E-state index contributed by atoms with van der Waals surface area (Å²) in [6.45, 7) is 0. The summed E-state index contributed by atoms with van der Waals surface area (Å²) in [6, 6.07) is 18.9. The minimum atomic E-state index is -0.325. The van der Waals surface area contributed by atoms with Gasteiger partial charge in [0.25, 0.3) is 0 Å². The van der Waals surface area contributed by atoms with Crippen LogP contribution in [0.3, 0.4) is 0 Å². The first kappa shape index (κ1) is 14.0. The molecule has 2 aromatic carbocycles. The van der Waals surface area contributed by atoms with Crippen LogP contribution in [0.5, 0.6) is 0 Å². The van der Waals surface area contributed by atoms with Crippen LogP contribution in [0, 0.1) is 5.41 Å². The Kier molecular flexibility index (Phi) is 3.33. The predicted molar refractivity (Wildman–Crippen MR) is 89.8 cm³/mol. The van der Waals surface area contributed by atoms with Crippen molar-refractivity contribution in [2.75, 3.05) is 0 Å². The zero-order chi connectivity index (χ0) is 15.2. The van der Waals surface area contributed by atoms with Crippen molar-refractivity contribution in [2.45, 2.75) is 30.2 Å². The number of halogens is 1. The number of ether oxygens (including phenoxy) is 1. The van der Waals surface area contributed by atoms with Crippen LogP contribution in [0.2, 0.25) is 0 Å². The Morgan fingerprint density at radius 2 is 1.82 bits per heavy atom. The van der Waals surface area contributed by atoms with E-state index < -0.39 is 0 Å². The molecule has 1 saturated carbocycles. The summed E-state index contributed by atoms with van der Waals surface area (Å²) in [4.78, 5) is 12.5. The third kappa shape index (κ3) is 2.28. The highest BCUT2D eigenvalue weighted by molar-refractivity contribution is 9.09. The van der Waals surface area contributed by atoms with Gasteiger partial charge in [0, 0.05) is 6.42 Å². The molecule has 0 amide bonds. The number of alkyl halides is 1. The van der Waals surface area contributed by atoms with Crippen molar-refractivity contribution in [3.05, 3.63) is 60.2 Å². The minimum absolute atomic E-state index is 0.0154. The second-order valence-electron chi connectivity index (χ2n) is 6.39. The molecule has 0 aromatic heterocycles. The lowest BCUT2D eigenvalue weighted by atomic mass is 9.80. The Balaban J connectivity index is 1.63. The average Bonchev–Trinajstić information content (AvgIpc) is 3.01. The Bertz CT molecular complexity index is 708. The van der Waals surface area contributed by atoms with Gasteiger partial charge < -0.3 is 4.74 Å². The maximum Gasteiger partial charge on any atom is 0.312 e. The molecule has 2 aliphatic rings. The van der Waals surface area contributed by atoms with E-state index in [0.29, 0.717) is 4.83 Å². The van der Waals surface area contributed by atoms with Crippen molar-refractivity contribution in [3.63, 3.8) is 0 Å². The summed E-state index contributed by atoms with van der Waals surface area (Å²) in [5.74, 6) is -0.0154. The van der Waals surface area contributed by atoms with Crippen LogP contribution in [0.15, 0.2) is 54.6 Å². The maximum absolute atomic E-state index is 12.2. The Morgan fingerprint density at radius 3 is 2.55 bits per heavy atom. The van der Waals surface area contributed by atoms with Gasteiger partial charge in [0.15, 0.2) is 0 Å². The number of esters is 1. The average molecular weight is 357 g/mol. The van der Waals surface area contributed by atoms with Gasteiger partial charge >= 0.3 is 5.97 Å². The van der Waals surface area contributed by atoms with Crippen molar-refractivity contribution >= 4 is 21.9 Å². The SMILES string of the molecule is O=C1O[C@H]2C[C@]1(Cc1cccc(-c3ccccc3)c1)C[C@@H]2Br. The molecule has 2 bridgehead atoms. The van der Waals surface area contributed by atoms with Crippen molar-refractivity contribution < 1.29 is 9.53 Å². The quantitative estimate of drug-likeness (QED) is 0.603. The van der Waals surface area contributed by atoms with Crippen molar-refractivity contribution in [1.29, 1.82) is 0 Å². The molecule has 1 heterocycles. The topological polar surface area (TPSA) is 26.3 Å². The van der Waals surface area contributed by atoms with Crippen LogP contribution in [0.1, 0.15) is 18.4 Å². The molecule has 3 atom stereocenters. The Labute approximate surface area is 138 Å². The molecule has 1 aliphatic heterocycles. The van der Waals surface area contributed by atoms with E-state index in [4.69, 9.17) is 4.74 Å². The van der Waals surface area contributed by atoms with Crippen molar-refractivity contribution in [1.82, 2.24) is 0 Å². The van der Waals surface area contributed by atoms with Crippen LogP contribution < -0.4 is 0 Å². The maximum atomic E-state index is 12.2. The second kappa shape index (κ2) is 5.24. The predicted octanol–water partition coefficient (Wildman–Crippen LogP) is 4.37. The number of hydrogen-bond donors (Lipinski definition) is 0. The molecule has 3 heteroatoms. The molecule has 4 rings (SSSR count). The third-order valence-electron chi connectivity index (χ3n) is 4.85. The molecule has 2 aromatic rings. The van der Waals surface area contributed by atoms with E-state index in [1.54, 1.807) is 0 Å². The Morgan fingerprint density at radius 1 is 1.05 bits per heavy atom. The normalized spacial score (nSPS) is 29.6. The molecular weight excluding hydrogens is 340 g/mol. The van der Waals surface area contributed by atoms with E-state index in [1.807, 2.05) is 18.2 Å². The molecule has 0 spiro atoms. The first-order valence-electron chi connectivity index (χ1n) is 7.66. The zero-order valence-corrected chi connectivity index (χ0v) is 13.8. The Hall–Kier alpha value is -1.61. The number of benzene rings is 2. The van der Waals surface area contributed by atoms with E-state index in [-0.39, 0.29) is 17.5 Å². The largest absolute Gasteiger partial charge is 0.461 e. The number of hydrogen-bond acceptors (Lipinski definition) is 2. The summed E-state index contributed by atoms with van der Waals surface area (Å²) in [5.41, 5.74) is 3.29. The van der Waals surface area contributed by atoms with Crippen LogP contribution in [0.25, 0.3) is 11.1 Å². The molecule has 0 unspecified atom stereocenters. The molecular formula is C19H17BrO2. The van der Waals surface area contributed by atoms with E-state index in [1.165, 1.54) is 16.7 Å². The van der Waals surface area contributed by atoms with Crippen molar-refractivity contribution in [2.24, 2.45) is 5.41 Å². The second-order valence-corrected chi connectivity index (χ2v) is 7.57. The van der Waals surface area contributed by atoms with Crippen LogP contribution in [-0.2, 0) is 16.0 Å². The smallest absolute Gasteiger partial charge is 0.312 e. The lowest BCUT2D eigenvalue weighted by Crippen LogP contribution is -2.33. The molecule has 22 heavy (non-hydrogen) atoms. The molecule has 0 radical (unpaired) electrons. The molecule has 0 N–H and O–H groups in total. The van der Waals surface area contributed by atoms with Gasteiger partial charge in [-0.3, -0.25) is 4.79 Å². The third-order valence-corrected chi connectivity index (χ3v) is 5.76. The lowest BCUT2D eigenvalue weighted by molar-refractivity contribution is -0.152. The standard InChI is InChI=1S/C19H17BrO2/c20-16-11-19(12-17(16)22-18(19)21)10-13-5-4-8-15(9-13)14-6-2-1-3-7-14/h1-9,16-17H,10-12H2/t16-,17-,19-/m0/s1. The fourth-order valence-electron chi connectivity index (χ4n) is 3.74. The lowest BCUT2D eigenvalue weighted by Gasteiger charge is -2.25. The van der Waals surface area contributed by atoms with E-state index in [0.717, 1.165) is 19.3 Å². The summed E-state index contributed by atoms with van der Waals surface area (Å²) in [7, 11) is 0. The van der Waals surface area contributed by atoms with Crippen LogP contribution >= 0.6 is 15.9 Å². The first-order chi connectivity index (χ1) is 10.7. The van der Waals surface area contributed by atoms with Gasteiger partial charge in [-0.05, 0) is 29.5 Å². The summed E-state index contributed by atoms with van der Waals surface area (Å²) >= 11 is 3.65. The molecule has 1 aliphatic carbocycles. The molecule has 112 valence electrons. The number of fused-ring (bicyclic) bond motifs is 2. The van der Waals surface area contributed by atoms with Crippen LogP contribution in [0.4, 0.5) is 0 Å². The van der Waals surface area contributed by atoms with Gasteiger partial charge in [0.1, 0.15) is 6.10 Å². The van der Waals surface area contributed by atoms with Gasteiger partial charge in [-0.25, -0.2) is 0 Å².